The summed E-state index contributed by atoms with van der Waals surface area (Å²) in [7, 11) is 0. The van der Waals surface area contributed by atoms with Gasteiger partial charge in [-0.05, 0) is 74.6 Å². The summed E-state index contributed by atoms with van der Waals surface area (Å²) in [6, 6.07) is 5.76. The highest BCUT2D eigenvalue weighted by molar-refractivity contribution is 5.88. The average molecular weight is 379 g/mol. The van der Waals surface area contributed by atoms with E-state index < -0.39 is 11.4 Å². The molecule has 0 radical (unpaired) electrons. The Bertz CT molecular complexity index is 1030. The maximum absolute atomic E-state index is 12.4. The average Bonchev–Trinajstić information content (AvgIpc) is 2.58. The van der Waals surface area contributed by atoms with E-state index >= 15 is 0 Å². The molecule has 146 valence electrons. The van der Waals surface area contributed by atoms with Crippen LogP contribution in [0.1, 0.15) is 60.0 Å². The molecule has 0 unspecified atom stereocenters. The van der Waals surface area contributed by atoms with Crippen molar-refractivity contribution in [3.05, 3.63) is 51.3 Å². The topological polar surface area (TPSA) is 68.5 Å². The van der Waals surface area contributed by atoms with E-state index in [1.54, 1.807) is 6.20 Å². The third-order valence-corrected chi connectivity index (χ3v) is 6.97. The number of aryl methyl sites for hydroxylation is 1. The first-order valence-corrected chi connectivity index (χ1v) is 10.2. The highest BCUT2D eigenvalue weighted by Gasteiger charge is 2.43. The largest absolute Gasteiger partial charge is 0.493 e. The van der Waals surface area contributed by atoms with E-state index in [0.717, 1.165) is 54.9 Å². The maximum Gasteiger partial charge on any atom is 0.341 e. The highest BCUT2D eigenvalue weighted by Crippen LogP contribution is 2.49. The minimum atomic E-state index is -1.16. The third kappa shape index (κ3) is 2.60. The van der Waals surface area contributed by atoms with Crippen LogP contribution in [0.3, 0.4) is 0 Å². The van der Waals surface area contributed by atoms with Crippen molar-refractivity contribution in [2.75, 3.05) is 6.61 Å². The Balaban J connectivity index is 1.60. The molecule has 28 heavy (non-hydrogen) atoms. The predicted octanol–water partition coefficient (Wildman–Crippen LogP) is 4.14. The van der Waals surface area contributed by atoms with Crippen LogP contribution in [-0.2, 0) is 12.0 Å². The number of hydrogen-bond acceptors (Lipinski definition) is 3. The van der Waals surface area contributed by atoms with E-state index in [0.29, 0.717) is 5.92 Å². The third-order valence-electron chi connectivity index (χ3n) is 6.97. The number of carbonyl (C=O) groups is 1. The first-order valence-electron chi connectivity index (χ1n) is 10.2. The van der Waals surface area contributed by atoms with Gasteiger partial charge in [0, 0.05) is 23.4 Å². The monoisotopic (exact) mass is 379 g/mol. The first kappa shape index (κ1) is 17.5. The van der Waals surface area contributed by atoms with Gasteiger partial charge >= 0.3 is 5.97 Å². The molecular formula is C23H25NO4. The molecule has 1 aromatic heterocycles. The van der Waals surface area contributed by atoms with Crippen molar-refractivity contribution in [1.29, 1.82) is 0 Å². The fourth-order valence-electron chi connectivity index (χ4n) is 4.87. The van der Waals surface area contributed by atoms with Gasteiger partial charge in [-0.3, -0.25) is 4.79 Å². The van der Waals surface area contributed by atoms with Gasteiger partial charge in [-0.25, -0.2) is 4.79 Å². The number of benzene rings is 1. The molecular weight excluding hydrogens is 354 g/mol. The van der Waals surface area contributed by atoms with Crippen LogP contribution in [0.5, 0.6) is 5.75 Å². The number of fused-ring (bicyclic) bond motifs is 4. The Morgan fingerprint density at radius 3 is 2.64 bits per heavy atom. The van der Waals surface area contributed by atoms with Gasteiger partial charge in [0.1, 0.15) is 11.3 Å². The van der Waals surface area contributed by atoms with Gasteiger partial charge in [-0.2, -0.15) is 0 Å². The number of carboxylic acid groups (broad SMARTS) is 1. The SMILES string of the molecule is Cc1cc2c(cc1OCC1CCC1)CC1(CCC1)n1cc(C(=O)O)c(=O)cc1-2. The molecule has 0 bridgehead atoms. The van der Waals surface area contributed by atoms with E-state index in [1.807, 2.05) is 6.92 Å². The molecule has 2 fully saturated rings. The van der Waals surface area contributed by atoms with Gasteiger partial charge in [0.2, 0.25) is 0 Å². The van der Waals surface area contributed by atoms with Crippen molar-refractivity contribution in [3.8, 4) is 17.0 Å². The number of nitrogens with zero attached hydrogens (tertiary/aromatic N) is 1. The lowest BCUT2D eigenvalue weighted by atomic mass is 9.69. The summed E-state index contributed by atoms with van der Waals surface area (Å²) < 4.78 is 8.21. The molecule has 5 rings (SSSR count). The second-order valence-corrected chi connectivity index (χ2v) is 8.75. The molecule has 2 aromatic rings. The smallest absolute Gasteiger partial charge is 0.341 e. The Morgan fingerprint density at radius 2 is 2.04 bits per heavy atom. The van der Waals surface area contributed by atoms with Gasteiger partial charge in [0.15, 0.2) is 5.43 Å². The number of ether oxygens (including phenoxy) is 1. The molecule has 1 aliphatic heterocycles. The summed E-state index contributed by atoms with van der Waals surface area (Å²) in [6.07, 6.45) is 9.39. The number of aromatic nitrogens is 1. The molecule has 0 amide bonds. The van der Waals surface area contributed by atoms with E-state index in [-0.39, 0.29) is 11.1 Å². The van der Waals surface area contributed by atoms with Crippen LogP contribution in [-0.4, -0.2) is 22.2 Å². The summed E-state index contributed by atoms with van der Waals surface area (Å²) in [5.41, 5.74) is 3.45. The van der Waals surface area contributed by atoms with Gasteiger partial charge in [0.05, 0.1) is 12.3 Å². The van der Waals surface area contributed by atoms with Gasteiger partial charge in [0.25, 0.3) is 0 Å². The van der Waals surface area contributed by atoms with Gasteiger partial charge < -0.3 is 14.4 Å². The molecule has 2 saturated carbocycles. The van der Waals surface area contributed by atoms with E-state index in [4.69, 9.17) is 4.74 Å². The molecule has 5 nitrogen and oxygen atoms in total. The zero-order valence-corrected chi connectivity index (χ0v) is 16.2. The molecule has 3 aliphatic rings. The predicted molar refractivity (Wildman–Crippen MR) is 106 cm³/mol. The van der Waals surface area contributed by atoms with Crippen molar-refractivity contribution < 1.29 is 14.6 Å². The molecule has 2 aliphatic carbocycles. The summed E-state index contributed by atoms with van der Waals surface area (Å²) in [5, 5.41) is 9.40. The molecule has 5 heteroatoms. The Labute approximate surface area is 164 Å². The normalized spacial score (nSPS) is 19.3. The van der Waals surface area contributed by atoms with Crippen LogP contribution in [0, 0.1) is 12.8 Å². The lowest BCUT2D eigenvalue weighted by Crippen LogP contribution is -2.46. The maximum atomic E-state index is 12.4. The Kier molecular flexibility index (Phi) is 3.90. The number of aromatic carboxylic acids is 1. The molecule has 1 N–H and O–H groups in total. The van der Waals surface area contributed by atoms with Crippen LogP contribution in [0.4, 0.5) is 0 Å². The number of rotatable bonds is 4. The van der Waals surface area contributed by atoms with Crippen LogP contribution >= 0.6 is 0 Å². The fourth-order valence-corrected chi connectivity index (χ4v) is 4.87. The first-order chi connectivity index (χ1) is 13.5. The summed E-state index contributed by atoms with van der Waals surface area (Å²) >= 11 is 0. The fraction of sp³-hybridized carbons (Fsp3) is 0.478. The van der Waals surface area contributed by atoms with E-state index in [2.05, 4.69) is 16.7 Å². The number of hydrogen-bond donors (Lipinski definition) is 1. The Hall–Kier alpha value is -2.56. The minimum Gasteiger partial charge on any atom is -0.493 e. The van der Waals surface area contributed by atoms with E-state index in [1.165, 1.54) is 30.9 Å². The zero-order valence-electron chi connectivity index (χ0n) is 16.2. The van der Waals surface area contributed by atoms with Crippen molar-refractivity contribution in [2.45, 2.75) is 57.4 Å². The summed E-state index contributed by atoms with van der Waals surface area (Å²) in [5.74, 6) is 0.469. The summed E-state index contributed by atoms with van der Waals surface area (Å²) in [4.78, 5) is 23.9. The van der Waals surface area contributed by atoms with Crippen molar-refractivity contribution in [2.24, 2.45) is 5.92 Å². The second-order valence-electron chi connectivity index (χ2n) is 8.75. The van der Waals surface area contributed by atoms with Gasteiger partial charge in [-0.15, -0.1) is 0 Å². The van der Waals surface area contributed by atoms with Gasteiger partial charge in [-0.1, -0.05) is 6.42 Å². The van der Waals surface area contributed by atoms with E-state index in [9.17, 15) is 14.7 Å². The molecule has 1 aromatic carbocycles. The van der Waals surface area contributed by atoms with Crippen molar-refractivity contribution in [3.63, 3.8) is 0 Å². The Morgan fingerprint density at radius 1 is 1.25 bits per heavy atom. The minimum absolute atomic E-state index is 0.110. The van der Waals surface area contributed by atoms with Crippen LogP contribution in [0.25, 0.3) is 11.3 Å². The van der Waals surface area contributed by atoms with Crippen LogP contribution in [0.2, 0.25) is 0 Å². The van der Waals surface area contributed by atoms with Crippen LogP contribution < -0.4 is 10.2 Å². The van der Waals surface area contributed by atoms with Crippen molar-refractivity contribution >= 4 is 5.97 Å². The molecule has 0 saturated heterocycles. The number of carboxylic acids is 1. The molecule has 2 heterocycles. The lowest BCUT2D eigenvalue weighted by Gasteiger charge is -2.48. The van der Waals surface area contributed by atoms with Crippen LogP contribution in [0.15, 0.2) is 29.2 Å². The quantitative estimate of drug-likeness (QED) is 0.867. The second kappa shape index (κ2) is 6.23. The standard InChI is InChI=1S/C23H25NO4/c1-14-8-17-16(9-21(14)28-13-15-4-2-5-15)11-23(6-3-7-23)24-12-18(22(26)27)20(25)10-19(17)24/h8-10,12,15H,2-7,11,13H2,1H3,(H,26,27). The highest BCUT2D eigenvalue weighted by atomic mass is 16.5. The summed E-state index contributed by atoms with van der Waals surface area (Å²) in [6.45, 7) is 2.82. The molecule has 1 spiro atoms. The number of pyridine rings is 1. The zero-order chi connectivity index (χ0) is 19.5. The van der Waals surface area contributed by atoms with Crippen molar-refractivity contribution in [1.82, 2.24) is 4.57 Å². The molecule has 0 atom stereocenters. The lowest BCUT2D eigenvalue weighted by molar-refractivity contribution is 0.0691.